The van der Waals surface area contributed by atoms with Crippen molar-refractivity contribution in [3.63, 3.8) is 0 Å². The van der Waals surface area contributed by atoms with Gasteiger partial charge < -0.3 is 10.2 Å². The molecular weight excluding hydrogens is 236 g/mol. The van der Waals surface area contributed by atoms with E-state index in [1.54, 1.807) is 0 Å². The second-order valence-electron chi connectivity index (χ2n) is 6.05. The molecule has 0 aromatic carbocycles. The second-order valence-corrected chi connectivity index (χ2v) is 6.05. The Bertz CT molecular complexity index is 363. The quantitative estimate of drug-likeness (QED) is 0.857. The SMILES string of the molecule is CCC(CC)N(C)c1cnc(CNC(C)(C)C)cn1. The van der Waals surface area contributed by atoms with Crippen LogP contribution in [0.1, 0.15) is 53.2 Å². The molecule has 0 aliphatic carbocycles. The molecule has 4 nitrogen and oxygen atoms in total. The summed E-state index contributed by atoms with van der Waals surface area (Å²) < 4.78 is 0. The van der Waals surface area contributed by atoms with Crippen molar-refractivity contribution >= 4 is 5.82 Å². The van der Waals surface area contributed by atoms with E-state index < -0.39 is 0 Å². The normalized spacial score (nSPS) is 11.9. The molecule has 0 fully saturated rings. The summed E-state index contributed by atoms with van der Waals surface area (Å²) in [6.45, 7) is 11.6. The average Bonchev–Trinajstić information content (AvgIpc) is 2.37. The van der Waals surface area contributed by atoms with Crippen LogP contribution in [0.25, 0.3) is 0 Å². The summed E-state index contributed by atoms with van der Waals surface area (Å²) in [5.41, 5.74) is 1.09. The Morgan fingerprint density at radius 3 is 2.21 bits per heavy atom. The van der Waals surface area contributed by atoms with Crippen LogP contribution < -0.4 is 10.2 Å². The number of anilines is 1. The molecule has 1 rings (SSSR count). The molecule has 19 heavy (non-hydrogen) atoms. The van der Waals surface area contributed by atoms with E-state index in [4.69, 9.17) is 0 Å². The van der Waals surface area contributed by atoms with E-state index in [1.807, 2.05) is 12.4 Å². The summed E-state index contributed by atoms with van der Waals surface area (Å²) in [5, 5.41) is 3.42. The lowest BCUT2D eigenvalue weighted by Gasteiger charge is -2.27. The van der Waals surface area contributed by atoms with E-state index >= 15 is 0 Å². The minimum Gasteiger partial charge on any atom is -0.355 e. The van der Waals surface area contributed by atoms with Crippen LogP contribution in [0, 0.1) is 0 Å². The highest BCUT2D eigenvalue weighted by Crippen LogP contribution is 2.15. The maximum atomic E-state index is 4.52. The van der Waals surface area contributed by atoms with Crippen LogP contribution in [-0.4, -0.2) is 28.6 Å². The molecule has 0 aliphatic heterocycles. The molecule has 4 heteroatoms. The van der Waals surface area contributed by atoms with E-state index in [2.05, 4.69) is 61.9 Å². The smallest absolute Gasteiger partial charge is 0.147 e. The van der Waals surface area contributed by atoms with E-state index in [9.17, 15) is 0 Å². The highest BCUT2D eigenvalue weighted by Gasteiger charge is 2.13. The summed E-state index contributed by atoms with van der Waals surface area (Å²) in [5.74, 6) is 0.952. The molecule has 0 unspecified atom stereocenters. The molecule has 1 heterocycles. The third-order valence-electron chi connectivity index (χ3n) is 3.34. The Morgan fingerprint density at radius 2 is 1.79 bits per heavy atom. The molecular formula is C15H28N4. The van der Waals surface area contributed by atoms with Crippen molar-refractivity contribution in [2.75, 3.05) is 11.9 Å². The lowest BCUT2D eigenvalue weighted by Crippen LogP contribution is -2.35. The molecule has 0 saturated heterocycles. The fourth-order valence-electron chi connectivity index (χ4n) is 2.00. The molecule has 1 aromatic heterocycles. The Kier molecular flexibility index (Phi) is 5.73. The zero-order valence-corrected chi connectivity index (χ0v) is 13.2. The predicted octanol–water partition coefficient (Wildman–Crippen LogP) is 2.99. The van der Waals surface area contributed by atoms with Gasteiger partial charge in [0, 0.05) is 25.2 Å². The maximum absolute atomic E-state index is 4.52. The number of hydrogen-bond acceptors (Lipinski definition) is 4. The largest absolute Gasteiger partial charge is 0.355 e. The van der Waals surface area contributed by atoms with Crippen LogP contribution in [0.5, 0.6) is 0 Å². The number of rotatable bonds is 6. The van der Waals surface area contributed by atoms with Gasteiger partial charge in [-0.2, -0.15) is 0 Å². The topological polar surface area (TPSA) is 41.1 Å². The third-order valence-corrected chi connectivity index (χ3v) is 3.34. The van der Waals surface area contributed by atoms with Crippen molar-refractivity contribution in [3.05, 3.63) is 18.1 Å². The molecule has 108 valence electrons. The lowest BCUT2D eigenvalue weighted by atomic mass is 10.1. The van der Waals surface area contributed by atoms with E-state index in [-0.39, 0.29) is 5.54 Å². The highest BCUT2D eigenvalue weighted by atomic mass is 15.2. The van der Waals surface area contributed by atoms with Crippen LogP contribution in [0.2, 0.25) is 0 Å². The van der Waals surface area contributed by atoms with Gasteiger partial charge in [0.05, 0.1) is 18.1 Å². The molecule has 0 atom stereocenters. The van der Waals surface area contributed by atoms with Crippen molar-refractivity contribution in [2.24, 2.45) is 0 Å². The van der Waals surface area contributed by atoms with Crippen LogP contribution >= 0.6 is 0 Å². The monoisotopic (exact) mass is 264 g/mol. The van der Waals surface area contributed by atoms with Gasteiger partial charge in [-0.3, -0.25) is 4.98 Å². The Hall–Kier alpha value is -1.16. The van der Waals surface area contributed by atoms with Crippen molar-refractivity contribution < 1.29 is 0 Å². The Labute approximate surface area is 117 Å². The molecule has 0 amide bonds. The van der Waals surface area contributed by atoms with Gasteiger partial charge >= 0.3 is 0 Å². The van der Waals surface area contributed by atoms with Crippen molar-refractivity contribution in [1.82, 2.24) is 15.3 Å². The molecule has 1 aromatic rings. The van der Waals surface area contributed by atoms with Gasteiger partial charge in [-0.05, 0) is 33.6 Å². The maximum Gasteiger partial charge on any atom is 0.147 e. The first-order valence-electron chi connectivity index (χ1n) is 7.16. The number of nitrogens with zero attached hydrogens (tertiary/aromatic N) is 3. The Morgan fingerprint density at radius 1 is 1.16 bits per heavy atom. The average molecular weight is 264 g/mol. The molecule has 1 N–H and O–H groups in total. The highest BCUT2D eigenvalue weighted by molar-refractivity contribution is 5.35. The zero-order chi connectivity index (χ0) is 14.5. The predicted molar refractivity (Wildman–Crippen MR) is 81.4 cm³/mol. The first-order valence-corrected chi connectivity index (χ1v) is 7.16. The molecule has 0 saturated carbocycles. The van der Waals surface area contributed by atoms with Gasteiger partial charge in [0.2, 0.25) is 0 Å². The third kappa shape index (κ3) is 5.15. The van der Waals surface area contributed by atoms with Gasteiger partial charge in [0.15, 0.2) is 0 Å². The number of hydrogen-bond donors (Lipinski definition) is 1. The van der Waals surface area contributed by atoms with Gasteiger partial charge in [0.1, 0.15) is 5.82 Å². The van der Waals surface area contributed by atoms with Gasteiger partial charge in [-0.25, -0.2) is 4.98 Å². The van der Waals surface area contributed by atoms with Crippen molar-refractivity contribution in [3.8, 4) is 0 Å². The van der Waals surface area contributed by atoms with Crippen LogP contribution in [-0.2, 0) is 6.54 Å². The second kappa shape index (κ2) is 6.85. The molecule has 0 aliphatic rings. The van der Waals surface area contributed by atoms with E-state index in [0.717, 1.165) is 30.9 Å². The first-order chi connectivity index (χ1) is 8.87. The summed E-state index contributed by atoms with van der Waals surface area (Å²) in [7, 11) is 2.09. The molecule has 0 radical (unpaired) electrons. The summed E-state index contributed by atoms with van der Waals surface area (Å²) in [6, 6.07) is 0.535. The van der Waals surface area contributed by atoms with Gasteiger partial charge in [0.25, 0.3) is 0 Å². The standard InChI is InChI=1S/C15H28N4/c1-7-13(8-2)19(6)14-11-16-12(9-17-14)10-18-15(3,4)5/h9,11,13,18H,7-8,10H2,1-6H3. The number of aromatic nitrogens is 2. The molecule has 0 spiro atoms. The minimum atomic E-state index is 0.104. The van der Waals surface area contributed by atoms with Crippen LogP contribution in [0.15, 0.2) is 12.4 Å². The zero-order valence-electron chi connectivity index (χ0n) is 13.2. The van der Waals surface area contributed by atoms with Crippen LogP contribution in [0.3, 0.4) is 0 Å². The lowest BCUT2D eigenvalue weighted by molar-refractivity contribution is 0.421. The summed E-state index contributed by atoms with van der Waals surface area (Å²) in [4.78, 5) is 11.2. The summed E-state index contributed by atoms with van der Waals surface area (Å²) >= 11 is 0. The van der Waals surface area contributed by atoms with Crippen molar-refractivity contribution in [2.45, 2.75) is 65.6 Å². The number of nitrogens with one attached hydrogen (secondary N) is 1. The first kappa shape index (κ1) is 15.9. The fourth-order valence-corrected chi connectivity index (χ4v) is 2.00. The summed E-state index contributed by atoms with van der Waals surface area (Å²) in [6.07, 6.45) is 6.00. The minimum absolute atomic E-state index is 0.104. The Balaban J connectivity index is 2.65. The van der Waals surface area contributed by atoms with Crippen LogP contribution in [0.4, 0.5) is 5.82 Å². The van der Waals surface area contributed by atoms with Gasteiger partial charge in [-0.15, -0.1) is 0 Å². The van der Waals surface area contributed by atoms with E-state index in [1.165, 1.54) is 0 Å². The van der Waals surface area contributed by atoms with Gasteiger partial charge in [-0.1, -0.05) is 13.8 Å². The molecule has 0 bridgehead atoms. The van der Waals surface area contributed by atoms with Crippen molar-refractivity contribution in [1.29, 1.82) is 0 Å². The fraction of sp³-hybridized carbons (Fsp3) is 0.733. The van der Waals surface area contributed by atoms with E-state index in [0.29, 0.717) is 6.04 Å².